The number of carbonyl (C=O) groups excluding carboxylic acids is 1. The van der Waals surface area contributed by atoms with Crippen molar-refractivity contribution >= 4 is 16.0 Å². The molecule has 1 aromatic rings. The summed E-state index contributed by atoms with van der Waals surface area (Å²) in [4.78, 5) is 13.0. The maximum absolute atomic E-state index is 14.0. The predicted octanol–water partition coefficient (Wildman–Crippen LogP) is 1.40. The fourth-order valence-corrected chi connectivity index (χ4v) is 8.71. The first-order chi connectivity index (χ1) is 23.5. The lowest BCUT2D eigenvalue weighted by Crippen LogP contribution is -2.60. The molecule has 2 aliphatic rings. The molecule has 0 spiro atoms. The summed E-state index contributed by atoms with van der Waals surface area (Å²) in [6, 6.07) is 2.65. The molecule has 0 radical (unpaired) electrons. The van der Waals surface area contributed by atoms with Gasteiger partial charge in [-0.2, -0.15) is 9.57 Å². The molecule has 0 bridgehead atoms. The molecule has 0 aliphatic carbocycles. The van der Waals surface area contributed by atoms with Crippen LogP contribution in [0.1, 0.15) is 80.2 Å². The predicted molar refractivity (Wildman–Crippen MR) is 183 cm³/mol. The third-order valence-electron chi connectivity index (χ3n) is 10.5. The average Bonchev–Trinajstić information content (AvgIpc) is 3.07. The number of sulfonamides is 1. The number of halogens is 1. The van der Waals surface area contributed by atoms with Gasteiger partial charge in [-0.05, 0) is 84.5 Å². The van der Waals surface area contributed by atoms with Crippen molar-refractivity contribution in [2.24, 2.45) is 17.8 Å². The van der Waals surface area contributed by atoms with Gasteiger partial charge in [-0.15, -0.1) is 0 Å². The monoisotopic (exact) mass is 745 g/mol. The van der Waals surface area contributed by atoms with Crippen LogP contribution in [0.25, 0.3) is 0 Å². The number of aliphatic hydroxyl groups excluding tert-OH is 3. The number of ether oxygens (including phenoxy) is 3. The lowest BCUT2D eigenvalue weighted by molar-refractivity contribution is -0.297. The van der Waals surface area contributed by atoms with Crippen molar-refractivity contribution in [1.82, 2.24) is 9.62 Å². The van der Waals surface area contributed by atoms with E-state index < -0.39 is 105 Å². The number of carbonyl (C=O) groups is 1. The topological polar surface area (TPSA) is 219 Å². The van der Waals surface area contributed by atoms with Crippen molar-refractivity contribution in [3.63, 3.8) is 0 Å². The standard InChI is InChI=1S/C35H56FN3O11S/c1-10-27-35(8,45)30(42)22(6)38-17-18(2)15-34(7,44)31(20(4)28(40)21(5)32(43)49-27)50-33-29(41)26(13-19(3)48-33)39(9)51(46,47)24-11-12-25(36)23(14-24)16-37/h11-12,14,18-22,26-31,33,38,40-42,44-45H,10,13,15,17H2,1-9H3/t18-,19-,20+,21-,22-,26+,27-,28+,29-,30-,31-,33+,34-,35-/m1/s1. The molecule has 2 heterocycles. The normalized spacial score (nSPS) is 40.9. The third kappa shape index (κ3) is 9.45. The van der Waals surface area contributed by atoms with Crippen LogP contribution in [0, 0.1) is 34.9 Å². The van der Waals surface area contributed by atoms with Crippen molar-refractivity contribution in [2.45, 2.75) is 146 Å². The first-order valence-electron chi connectivity index (χ1n) is 17.4. The van der Waals surface area contributed by atoms with E-state index in [1.165, 1.54) is 27.8 Å². The van der Waals surface area contributed by atoms with Crippen molar-refractivity contribution < 1.29 is 57.3 Å². The molecule has 1 aromatic carbocycles. The molecule has 51 heavy (non-hydrogen) atoms. The first kappa shape index (κ1) is 43.1. The van der Waals surface area contributed by atoms with Crippen molar-refractivity contribution in [2.75, 3.05) is 13.6 Å². The lowest BCUT2D eigenvalue weighted by atomic mass is 9.78. The summed E-state index contributed by atoms with van der Waals surface area (Å²) >= 11 is 0. The molecule has 0 amide bonds. The van der Waals surface area contributed by atoms with Gasteiger partial charge in [0.1, 0.15) is 35.8 Å². The summed E-state index contributed by atoms with van der Waals surface area (Å²) in [5.41, 5.74) is -4.04. The highest BCUT2D eigenvalue weighted by Gasteiger charge is 2.50. The average molecular weight is 746 g/mol. The van der Waals surface area contributed by atoms with E-state index in [0.717, 1.165) is 22.5 Å². The fraction of sp³-hybridized carbons (Fsp3) is 0.771. The molecule has 0 aromatic heterocycles. The molecule has 290 valence electrons. The van der Waals surface area contributed by atoms with E-state index >= 15 is 0 Å². The van der Waals surface area contributed by atoms with E-state index in [0.29, 0.717) is 0 Å². The molecule has 6 N–H and O–H groups in total. The minimum Gasteiger partial charge on any atom is -0.459 e. The molecule has 2 fully saturated rings. The number of nitrogens with zero attached hydrogens (tertiary/aromatic N) is 2. The molecule has 2 saturated heterocycles. The number of benzene rings is 1. The van der Waals surface area contributed by atoms with Crippen LogP contribution in [0.15, 0.2) is 23.1 Å². The van der Waals surface area contributed by atoms with E-state index in [1.54, 1.807) is 33.8 Å². The highest BCUT2D eigenvalue weighted by atomic mass is 32.2. The van der Waals surface area contributed by atoms with Crippen LogP contribution in [-0.2, 0) is 29.0 Å². The number of aliphatic hydroxyl groups is 5. The minimum absolute atomic E-state index is 0.0281. The van der Waals surface area contributed by atoms with E-state index in [1.807, 2.05) is 6.92 Å². The first-order valence-corrected chi connectivity index (χ1v) is 18.9. The van der Waals surface area contributed by atoms with Crippen LogP contribution in [0.3, 0.4) is 0 Å². The molecule has 3 rings (SSSR count). The summed E-state index contributed by atoms with van der Waals surface area (Å²) in [5.74, 6) is -4.21. The summed E-state index contributed by atoms with van der Waals surface area (Å²) in [7, 11) is -3.13. The molecule has 14 nitrogen and oxygen atoms in total. The van der Waals surface area contributed by atoms with Gasteiger partial charge in [0, 0.05) is 19.0 Å². The van der Waals surface area contributed by atoms with E-state index in [9.17, 15) is 48.4 Å². The number of esters is 1. The highest BCUT2D eigenvalue weighted by molar-refractivity contribution is 7.89. The van der Waals surface area contributed by atoms with E-state index in [2.05, 4.69) is 5.32 Å². The van der Waals surface area contributed by atoms with Gasteiger partial charge in [-0.3, -0.25) is 4.79 Å². The van der Waals surface area contributed by atoms with Gasteiger partial charge in [0.05, 0.1) is 46.3 Å². The molecule has 0 unspecified atom stereocenters. The largest absolute Gasteiger partial charge is 0.459 e. The summed E-state index contributed by atoms with van der Waals surface area (Å²) in [6.07, 6.45) is -8.79. The quantitative estimate of drug-likeness (QED) is 0.227. The Hall–Kier alpha value is -2.30. The van der Waals surface area contributed by atoms with E-state index in [4.69, 9.17) is 14.2 Å². The van der Waals surface area contributed by atoms with Crippen molar-refractivity contribution in [3.8, 4) is 6.07 Å². The Labute approximate surface area is 300 Å². The maximum Gasteiger partial charge on any atom is 0.311 e. The van der Waals surface area contributed by atoms with Crippen LogP contribution in [0.2, 0.25) is 0 Å². The molecular formula is C35H56FN3O11S. The number of hydrogen-bond donors (Lipinski definition) is 6. The molecule has 2 aliphatic heterocycles. The second-order valence-corrected chi connectivity index (χ2v) is 16.9. The van der Waals surface area contributed by atoms with Gasteiger partial charge in [-0.25, -0.2) is 12.8 Å². The van der Waals surface area contributed by atoms with Gasteiger partial charge >= 0.3 is 5.97 Å². The number of cyclic esters (lactones) is 1. The Morgan fingerprint density at radius 1 is 1.12 bits per heavy atom. The van der Waals surface area contributed by atoms with Gasteiger partial charge in [0.2, 0.25) is 10.0 Å². The van der Waals surface area contributed by atoms with Crippen LogP contribution in [0.4, 0.5) is 4.39 Å². The highest BCUT2D eigenvalue weighted by Crippen LogP contribution is 2.37. The Bertz CT molecular complexity index is 1510. The summed E-state index contributed by atoms with van der Waals surface area (Å²) in [6.45, 7) is 13.0. The number of hydrogen-bond acceptors (Lipinski definition) is 13. The Morgan fingerprint density at radius 3 is 2.33 bits per heavy atom. The molecule has 16 heteroatoms. The number of likely N-dealkylation sites (N-methyl/N-ethyl adjacent to an activating group) is 1. The van der Waals surface area contributed by atoms with Gasteiger partial charge < -0.3 is 45.1 Å². The zero-order chi connectivity index (χ0) is 38.8. The summed E-state index contributed by atoms with van der Waals surface area (Å²) < 4.78 is 60.1. The van der Waals surface area contributed by atoms with E-state index in [-0.39, 0.29) is 36.6 Å². The Morgan fingerprint density at radius 2 is 1.75 bits per heavy atom. The van der Waals surface area contributed by atoms with Crippen LogP contribution in [-0.4, -0.2) is 124 Å². The second-order valence-electron chi connectivity index (χ2n) is 14.9. The molecule has 0 saturated carbocycles. The van der Waals surface area contributed by atoms with Gasteiger partial charge in [-0.1, -0.05) is 20.8 Å². The smallest absolute Gasteiger partial charge is 0.311 e. The second kappa shape index (κ2) is 16.8. The van der Waals surface area contributed by atoms with Crippen LogP contribution in [0.5, 0.6) is 0 Å². The van der Waals surface area contributed by atoms with Crippen LogP contribution >= 0.6 is 0 Å². The summed E-state index contributed by atoms with van der Waals surface area (Å²) in [5, 5.41) is 70.0. The lowest BCUT2D eigenvalue weighted by Gasteiger charge is -2.46. The zero-order valence-corrected chi connectivity index (χ0v) is 31.7. The Balaban J connectivity index is 1.99. The Kier molecular flexibility index (Phi) is 14.2. The minimum atomic E-state index is -4.36. The van der Waals surface area contributed by atoms with Gasteiger partial charge in [0.15, 0.2) is 6.29 Å². The number of nitriles is 1. The third-order valence-corrected chi connectivity index (χ3v) is 12.4. The van der Waals surface area contributed by atoms with Crippen molar-refractivity contribution in [3.05, 3.63) is 29.6 Å². The number of rotatable bonds is 6. The van der Waals surface area contributed by atoms with Gasteiger partial charge in [0.25, 0.3) is 0 Å². The maximum atomic E-state index is 14.0. The molecule has 14 atom stereocenters. The zero-order valence-electron chi connectivity index (χ0n) is 30.9. The fourth-order valence-electron chi connectivity index (χ4n) is 7.30. The molecular weight excluding hydrogens is 689 g/mol. The van der Waals surface area contributed by atoms with Crippen molar-refractivity contribution in [1.29, 1.82) is 5.26 Å². The SMILES string of the molecule is CC[C@H]1OC(=O)[C@H](C)[C@@H](O)[C@H](C)[C@@H](O[C@@H]2O[C@H](C)C[C@H](N(C)S(=O)(=O)c3ccc(F)c(C#N)c3)[C@H]2O)[C@](C)(O)C[C@@H](C)CN[C@H](C)[C@@H](O)[C@]1(C)O. The van der Waals surface area contributed by atoms with Crippen LogP contribution < -0.4 is 5.32 Å². The number of nitrogens with one attached hydrogen (secondary N) is 1.